The summed E-state index contributed by atoms with van der Waals surface area (Å²) < 4.78 is 1.93. The zero-order valence-corrected chi connectivity index (χ0v) is 8.63. The SMILES string of the molecule is Cc1ccc2c(cc(C#N)n2C)c1C. The minimum atomic E-state index is 0.716. The maximum Gasteiger partial charge on any atom is 0.121 e. The molecule has 0 N–H and O–H groups in total. The highest BCUT2D eigenvalue weighted by molar-refractivity contribution is 5.86. The number of nitriles is 1. The standard InChI is InChI=1S/C12H12N2/c1-8-4-5-12-11(9(8)2)6-10(7-13)14(12)3/h4-6H,1-3H3. The van der Waals surface area contributed by atoms with Gasteiger partial charge in [0, 0.05) is 18.0 Å². The predicted molar refractivity (Wildman–Crippen MR) is 57.1 cm³/mol. The molecule has 1 aromatic heterocycles. The van der Waals surface area contributed by atoms with Gasteiger partial charge in [0.25, 0.3) is 0 Å². The van der Waals surface area contributed by atoms with E-state index in [1.807, 2.05) is 17.7 Å². The van der Waals surface area contributed by atoms with Crippen molar-refractivity contribution in [2.45, 2.75) is 13.8 Å². The molecular weight excluding hydrogens is 172 g/mol. The number of hydrogen-bond donors (Lipinski definition) is 0. The van der Waals surface area contributed by atoms with Crippen LogP contribution in [0.1, 0.15) is 16.8 Å². The normalized spacial score (nSPS) is 10.4. The predicted octanol–water partition coefficient (Wildman–Crippen LogP) is 2.67. The lowest BCUT2D eigenvalue weighted by Gasteiger charge is -2.02. The Bertz CT molecular complexity index is 541. The first-order chi connectivity index (χ1) is 6.65. The molecule has 0 radical (unpaired) electrons. The van der Waals surface area contributed by atoms with Gasteiger partial charge >= 0.3 is 0 Å². The van der Waals surface area contributed by atoms with Gasteiger partial charge in [0.15, 0.2) is 0 Å². The molecule has 0 aliphatic heterocycles. The van der Waals surface area contributed by atoms with E-state index in [2.05, 4.69) is 32.0 Å². The Kier molecular flexibility index (Phi) is 1.82. The Hall–Kier alpha value is -1.75. The highest BCUT2D eigenvalue weighted by Gasteiger charge is 2.07. The van der Waals surface area contributed by atoms with Gasteiger partial charge in [-0.1, -0.05) is 6.07 Å². The third-order valence-electron chi connectivity index (χ3n) is 2.88. The maximum absolute atomic E-state index is 8.91. The summed E-state index contributed by atoms with van der Waals surface area (Å²) in [6.07, 6.45) is 0. The summed E-state index contributed by atoms with van der Waals surface area (Å²) in [5.41, 5.74) is 4.38. The summed E-state index contributed by atoms with van der Waals surface area (Å²) in [6.45, 7) is 4.19. The average Bonchev–Trinajstić information content (AvgIpc) is 2.50. The Morgan fingerprint density at radius 3 is 2.64 bits per heavy atom. The first-order valence-corrected chi connectivity index (χ1v) is 4.61. The number of benzene rings is 1. The fraction of sp³-hybridized carbons (Fsp3) is 0.250. The van der Waals surface area contributed by atoms with Crippen LogP contribution in [-0.4, -0.2) is 4.57 Å². The van der Waals surface area contributed by atoms with Gasteiger partial charge in [-0.05, 0) is 37.1 Å². The second-order valence-electron chi connectivity index (χ2n) is 3.64. The smallest absolute Gasteiger partial charge is 0.121 e. The highest BCUT2D eigenvalue weighted by atomic mass is 14.9. The number of aryl methyl sites for hydroxylation is 3. The van der Waals surface area contributed by atoms with Crippen LogP contribution in [0.4, 0.5) is 0 Å². The van der Waals surface area contributed by atoms with Gasteiger partial charge in [0.05, 0.1) is 0 Å². The molecule has 0 aliphatic carbocycles. The Balaban J connectivity index is 2.94. The van der Waals surface area contributed by atoms with Crippen molar-refractivity contribution in [1.82, 2.24) is 4.57 Å². The van der Waals surface area contributed by atoms with Gasteiger partial charge in [0.2, 0.25) is 0 Å². The zero-order chi connectivity index (χ0) is 10.3. The number of hydrogen-bond acceptors (Lipinski definition) is 1. The monoisotopic (exact) mass is 184 g/mol. The lowest BCUT2D eigenvalue weighted by atomic mass is 10.1. The first kappa shape index (κ1) is 8.83. The highest BCUT2D eigenvalue weighted by Crippen LogP contribution is 2.24. The van der Waals surface area contributed by atoms with Crippen molar-refractivity contribution < 1.29 is 0 Å². The fourth-order valence-electron chi connectivity index (χ4n) is 1.77. The molecule has 2 aromatic rings. The summed E-state index contributed by atoms with van der Waals surface area (Å²) in [6, 6.07) is 8.31. The topological polar surface area (TPSA) is 28.7 Å². The van der Waals surface area contributed by atoms with E-state index in [0.29, 0.717) is 5.69 Å². The van der Waals surface area contributed by atoms with E-state index in [-0.39, 0.29) is 0 Å². The summed E-state index contributed by atoms with van der Waals surface area (Å²) >= 11 is 0. The van der Waals surface area contributed by atoms with Gasteiger partial charge in [-0.15, -0.1) is 0 Å². The molecule has 0 saturated carbocycles. The quantitative estimate of drug-likeness (QED) is 0.618. The molecule has 2 rings (SSSR count). The molecule has 0 fully saturated rings. The van der Waals surface area contributed by atoms with Crippen molar-refractivity contribution in [3.8, 4) is 6.07 Å². The van der Waals surface area contributed by atoms with E-state index < -0.39 is 0 Å². The largest absolute Gasteiger partial charge is 0.335 e. The Morgan fingerprint density at radius 2 is 2.00 bits per heavy atom. The number of nitrogens with zero attached hydrogens (tertiary/aromatic N) is 2. The van der Waals surface area contributed by atoms with Gasteiger partial charge in [-0.2, -0.15) is 5.26 Å². The van der Waals surface area contributed by atoms with E-state index in [1.165, 1.54) is 16.5 Å². The van der Waals surface area contributed by atoms with Crippen LogP contribution < -0.4 is 0 Å². The van der Waals surface area contributed by atoms with Gasteiger partial charge in [-0.25, -0.2) is 0 Å². The third kappa shape index (κ3) is 1.03. The fourth-order valence-corrected chi connectivity index (χ4v) is 1.77. The van der Waals surface area contributed by atoms with Gasteiger partial charge in [-0.3, -0.25) is 0 Å². The Labute approximate surface area is 83.4 Å². The number of fused-ring (bicyclic) bond motifs is 1. The zero-order valence-electron chi connectivity index (χ0n) is 8.63. The summed E-state index contributed by atoms with van der Waals surface area (Å²) in [4.78, 5) is 0. The van der Waals surface area contributed by atoms with Crippen LogP contribution in [0.5, 0.6) is 0 Å². The Morgan fingerprint density at radius 1 is 1.29 bits per heavy atom. The lowest BCUT2D eigenvalue weighted by molar-refractivity contribution is 0.947. The maximum atomic E-state index is 8.91. The van der Waals surface area contributed by atoms with Crippen molar-refractivity contribution >= 4 is 10.9 Å². The van der Waals surface area contributed by atoms with E-state index in [1.54, 1.807) is 0 Å². The van der Waals surface area contributed by atoms with Crippen LogP contribution in [0, 0.1) is 25.2 Å². The molecule has 0 aliphatic rings. The molecule has 0 spiro atoms. The second-order valence-corrected chi connectivity index (χ2v) is 3.64. The third-order valence-corrected chi connectivity index (χ3v) is 2.88. The van der Waals surface area contributed by atoms with E-state index in [0.717, 1.165) is 5.52 Å². The number of rotatable bonds is 0. The van der Waals surface area contributed by atoms with E-state index in [4.69, 9.17) is 5.26 Å². The molecule has 2 nitrogen and oxygen atoms in total. The van der Waals surface area contributed by atoms with Gasteiger partial charge in [0.1, 0.15) is 11.8 Å². The molecule has 0 atom stereocenters. The molecule has 0 unspecified atom stereocenters. The minimum absolute atomic E-state index is 0.716. The first-order valence-electron chi connectivity index (χ1n) is 4.61. The molecule has 14 heavy (non-hydrogen) atoms. The van der Waals surface area contributed by atoms with Gasteiger partial charge < -0.3 is 4.57 Å². The van der Waals surface area contributed by atoms with Crippen LogP contribution in [-0.2, 0) is 7.05 Å². The van der Waals surface area contributed by atoms with Crippen molar-refractivity contribution in [2.24, 2.45) is 7.05 Å². The molecule has 1 aromatic carbocycles. The van der Waals surface area contributed by atoms with E-state index >= 15 is 0 Å². The van der Waals surface area contributed by atoms with Crippen LogP contribution in [0.15, 0.2) is 18.2 Å². The van der Waals surface area contributed by atoms with E-state index in [9.17, 15) is 0 Å². The minimum Gasteiger partial charge on any atom is -0.335 e. The van der Waals surface area contributed by atoms with Crippen LogP contribution in [0.25, 0.3) is 10.9 Å². The summed E-state index contributed by atoms with van der Waals surface area (Å²) in [7, 11) is 1.93. The summed E-state index contributed by atoms with van der Waals surface area (Å²) in [5, 5.41) is 10.1. The molecule has 0 amide bonds. The van der Waals surface area contributed by atoms with Crippen molar-refractivity contribution in [3.05, 3.63) is 35.0 Å². The summed E-state index contributed by atoms with van der Waals surface area (Å²) in [5.74, 6) is 0. The average molecular weight is 184 g/mol. The molecule has 70 valence electrons. The molecule has 1 heterocycles. The van der Waals surface area contributed by atoms with Crippen molar-refractivity contribution in [1.29, 1.82) is 5.26 Å². The van der Waals surface area contributed by atoms with Crippen LogP contribution >= 0.6 is 0 Å². The lowest BCUT2D eigenvalue weighted by Crippen LogP contribution is -1.90. The van der Waals surface area contributed by atoms with Crippen molar-refractivity contribution in [3.63, 3.8) is 0 Å². The van der Waals surface area contributed by atoms with Crippen LogP contribution in [0.3, 0.4) is 0 Å². The molecule has 0 bridgehead atoms. The molecule has 2 heteroatoms. The molecule has 0 saturated heterocycles. The second kappa shape index (κ2) is 2.88. The number of aromatic nitrogens is 1. The van der Waals surface area contributed by atoms with Crippen molar-refractivity contribution in [2.75, 3.05) is 0 Å². The molecular formula is C12H12N2. The van der Waals surface area contributed by atoms with Crippen LogP contribution in [0.2, 0.25) is 0 Å².